The number of aromatic nitrogens is 1. The molecular formula is C22H23F3N4O4. The largest absolute Gasteiger partial charge is 0.502 e. The Balaban J connectivity index is 1.70. The molecule has 2 N–H and O–H groups in total. The van der Waals surface area contributed by atoms with E-state index in [0.29, 0.717) is 37.6 Å². The van der Waals surface area contributed by atoms with Gasteiger partial charge in [-0.1, -0.05) is 6.92 Å². The van der Waals surface area contributed by atoms with Crippen molar-refractivity contribution in [3.63, 3.8) is 0 Å². The van der Waals surface area contributed by atoms with Gasteiger partial charge in [0.15, 0.2) is 11.4 Å². The SMILES string of the molecule is CCN1C(=O)c2c(O)c(=O)c(C(=O)NCc3c(F)cc(F)cc3F)cn2N2CC[C@H](C)C[C@@H]12. The molecule has 0 aliphatic carbocycles. The van der Waals surface area contributed by atoms with Gasteiger partial charge in [0.2, 0.25) is 5.43 Å². The van der Waals surface area contributed by atoms with E-state index in [1.165, 1.54) is 4.68 Å². The molecule has 0 saturated carbocycles. The number of benzene rings is 1. The average Bonchev–Trinajstić information content (AvgIpc) is 2.75. The van der Waals surface area contributed by atoms with Crippen molar-refractivity contribution in [1.29, 1.82) is 0 Å². The zero-order chi connectivity index (χ0) is 24.0. The van der Waals surface area contributed by atoms with E-state index in [2.05, 4.69) is 12.2 Å². The normalized spacial score (nSPS) is 19.8. The highest BCUT2D eigenvalue weighted by molar-refractivity contribution is 5.99. The number of amides is 2. The first-order valence-corrected chi connectivity index (χ1v) is 10.6. The molecule has 1 aromatic heterocycles. The van der Waals surface area contributed by atoms with Crippen LogP contribution in [0, 0.1) is 23.4 Å². The fourth-order valence-corrected chi connectivity index (χ4v) is 4.42. The number of carbonyl (C=O) groups excluding carboxylic acids is 2. The van der Waals surface area contributed by atoms with Crippen LogP contribution < -0.4 is 15.8 Å². The van der Waals surface area contributed by atoms with Crippen LogP contribution in [0.25, 0.3) is 0 Å². The topological polar surface area (TPSA) is 94.9 Å². The third-order valence-electron chi connectivity index (χ3n) is 6.19. The first kappa shape index (κ1) is 22.7. The molecule has 0 radical (unpaired) electrons. The molecular weight excluding hydrogens is 441 g/mol. The first-order valence-electron chi connectivity index (χ1n) is 10.6. The summed E-state index contributed by atoms with van der Waals surface area (Å²) in [4.78, 5) is 40.0. The molecule has 3 heterocycles. The maximum Gasteiger partial charge on any atom is 0.278 e. The van der Waals surface area contributed by atoms with Gasteiger partial charge in [0, 0.05) is 43.5 Å². The van der Waals surface area contributed by atoms with Crippen molar-refractivity contribution >= 4 is 11.8 Å². The summed E-state index contributed by atoms with van der Waals surface area (Å²) in [5, 5.41) is 14.6. The molecule has 0 bridgehead atoms. The molecule has 176 valence electrons. The van der Waals surface area contributed by atoms with Crippen LogP contribution in [-0.4, -0.2) is 45.8 Å². The molecule has 33 heavy (non-hydrogen) atoms. The minimum atomic E-state index is -1.19. The molecule has 2 atom stereocenters. The maximum absolute atomic E-state index is 13.9. The number of piperidine rings is 1. The van der Waals surface area contributed by atoms with Gasteiger partial charge < -0.3 is 15.3 Å². The van der Waals surface area contributed by atoms with E-state index in [1.54, 1.807) is 11.8 Å². The van der Waals surface area contributed by atoms with Crippen LogP contribution in [0.2, 0.25) is 0 Å². The Bertz CT molecular complexity index is 1180. The number of nitrogens with one attached hydrogen (secondary N) is 1. The van der Waals surface area contributed by atoms with Crippen molar-refractivity contribution in [3.8, 4) is 5.75 Å². The molecule has 2 aromatic rings. The van der Waals surface area contributed by atoms with E-state index >= 15 is 0 Å². The standard InChI is InChI=1S/C22H23F3N4O4/c1-3-27-17-6-11(2)4-5-28(17)29-10-14(19(30)20(31)18(29)22(27)33)21(32)26-9-13-15(24)7-12(23)8-16(13)25/h7-8,10-11,17,31H,3-6,9H2,1-2H3,(H,26,32)/t11-,17-/m0/s1. The number of aromatic hydroxyl groups is 1. The van der Waals surface area contributed by atoms with Crippen LogP contribution in [-0.2, 0) is 6.54 Å². The Morgan fingerprint density at radius 3 is 2.52 bits per heavy atom. The Morgan fingerprint density at radius 1 is 1.21 bits per heavy atom. The fraction of sp³-hybridized carbons (Fsp3) is 0.409. The molecule has 2 aliphatic heterocycles. The molecule has 8 nitrogen and oxygen atoms in total. The van der Waals surface area contributed by atoms with Gasteiger partial charge in [0.25, 0.3) is 11.8 Å². The molecule has 2 amide bonds. The summed E-state index contributed by atoms with van der Waals surface area (Å²) in [7, 11) is 0. The molecule has 4 rings (SSSR count). The van der Waals surface area contributed by atoms with Crippen molar-refractivity contribution in [2.45, 2.75) is 39.4 Å². The van der Waals surface area contributed by atoms with Gasteiger partial charge in [-0.3, -0.25) is 24.1 Å². The highest BCUT2D eigenvalue weighted by Gasteiger charge is 2.42. The van der Waals surface area contributed by atoms with Gasteiger partial charge in [0.05, 0.1) is 0 Å². The summed E-state index contributed by atoms with van der Waals surface area (Å²) in [5.74, 6) is -5.52. The van der Waals surface area contributed by atoms with Gasteiger partial charge in [-0.25, -0.2) is 13.2 Å². The first-order chi connectivity index (χ1) is 15.6. The minimum Gasteiger partial charge on any atom is -0.502 e. The summed E-state index contributed by atoms with van der Waals surface area (Å²) in [5.41, 5.74) is -2.38. The van der Waals surface area contributed by atoms with Crippen LogP contribution in [0.1, 0.15) is 53.1 Å². The lowest BCUT2D eigenvalue weighted by atomic mass is 9.95. The van der Waals surface area contributed by atoms with Crippen molar-refractivity contribution < 1.29 is 27.9 Å². The molecule has 0 unspecified atom stereocenters. The Morgan fingerprint density at radius 2 is 1.88 bits per heavy atom. The highest BCUT2D eigenvalue weighted by atomic mass is 19.1. The number of rotatable bonds is 4. The van der Waals surface area contributed by atoms with E-state index in [-0.39, 0.29) is 11.9 Å². The van der Waals surface area contributed by atoms with Gasteiger partial charge >= 0.3 is 0 Å². The monoisotopic (exact) mass is 464 g/mol. The summed E-state index contributed by atoms with van der Waals surface area (Å²) in [6.45, 7) is 4.12. The molecule has 2 aliphatic rings. The van der Waals surface area contributed by atoms with E-state index in [1.807, 2.05) is 5.01 Å². The second-order valence-corrected chi connectivity index (χ2v) is 8.31. The third kappa shape index (κ3) is 3.81. The zero-order valence-corrected chi connectivity index (χ0v) is 18.1. The molecule has 11 heteroatoms. The molecule has 1 fully saturated rings. The quantitative estimate of drug-likeness (QED) is 0.723. The van der Waals surface area contributed by atoms with Crippen molar-refractivity contribution in [2.24, 2.45) is 5.92 Å². The van der Waals surface area contributed by atoms with Crippen LogP contribution in [0.3, 0.4) is 0 Å². The van der Waals surface area contributed by atoms with Gasteiger partial charge in [-0.05, 0) is 25.7 Å². The fourth-order valence-electron chi connectivity index (χ4n) is 4.42. The summed E-state index contributed by atoms with van der Waals surface area (Å²) in [6.07, 6.45) is 2.34. The number of halogens is 3. The summed E-state index contributed by atoms with van der Waals surface area (Å²) >= 11 is 0. The van der Waals surface area contributed by atoms with Crippen molar-refractivity contribution in [1.82, 2.24) is 14.9 Å². The predicted octanol–water partition coefficient (Wildman–Crippen LogP) is 2.07. The maximum atomic E-state index is 13.9. The number of pyridine rings is 1. The lowest BCUT2D eigenvalue weighted by molar-refractivity contribution is 0.0496. The van der Waals surface area contributed by atoms with E-state index in [4.69, 9.17) is 0 Å². The van der Waals surface area contributed by atoms with E-state index < -0.39 is 58.1 Å². The minimum absolute atomic E-state index is 0.236. The third-order valence-corrected chi connectivity index (χ3v) is 6.19. The summed E-state index contributed by atoms with van der Waals surface area (Å²) < 4.78 is 42.2. The van der Waals surface area contributed by atoms with Gasteiger partial charge in [0.1, 0.15) is 29.2 Å². The lowest BCUT2D eigenvalue weighted by Gasteiger charge is -2.50. The van der Waals surface area contributed by atoms with E-state index in [0.717, 1.165) is 12.6 Å². The van der Waals surface area contributed by atoms with Gasteiger partial charge in [-0.15, -0.1) is 0 Å². The van der Waals surface area contributed by atoms with E-state index in [9.17, 15) is 32.7 Å². The van der Waals surface area contributed by atoms with Crippen molar-refractivity contribution in [2.75, 3.05) is 18.1 Å². The molecule has 1 saturated heterocycles. The highest BCUT2D eigenvalue weighted by Crippen LogP contribution is 2.31. The van der Waals surface area contributed by atoms with Crippen LogP contribution in [0.4, 0.5) is 13.2 Å². The Kier molecular flexibility index (Phi) is 5.81. The number of hydrogen-bond acceptors (Lipinski definition) is 5. The predicted molar refractivity (Wildman–Crippen MR) is 112 cm³/mol. The second kappa shape index (κ2) is 8.45. The second-order valence-electron chi connectivity index (χ2n) is 8.31. The number of carbonyl (C=O) groups is 2. The number of hydrogen-bond donors (Lipinski definition) is 2. The average molecular weight is 464 g/mol. The van der Waals surface area contributed by atoms with Crippen LogP contribution in [0.5, 0.6) is 5.75 Å². The van der Waals surface area contributed by atoms with Crippen molar-refractivity contribution in [3.05, 3.63) is 62.8 Å². The number of fused-ring (bicyclic) bond motifs is 3. The van der Waals surface area contributed by atoms with Crippen LogP contribution in [0.15, 0.2) is 23.1 Å². The van der Waals surface area contributed by atoms with Gasteiger partial charge in [-0.2, -0.15) is 0 Å². The van der Waals surface area contributed by atoms with Crippen LogP contribution >= 0.6 is 0 Å². The number of nitrogens with zero attached hydrogens (tertiary/aromatic N) is 3. The Hall–Kier alpha value is -3.50. The molecule has 0 spiro atoms. The smallest absolute Gasteiger partial charge is 0.278 e. The summed E-state index contributed by atoms with van der Waals surface area (Å²) in [6, 6.07) is 0.958. The lowest BCUT2D eigenvalue weighted by Crippen LogP contribution is -2.64. The molecule has 1 aromatic carbocycles. The zero-order valence-electron chi connectivity index (χ0n) is 18.1. The Labute approximate surface area is 187 Å².